The molecule has 3 rings (SSSR count). The molecule has 0 bridgehead atoms. The van der Waals surface area contributed by atoms with E-state index >= 15 is 0 Å². The number of carbonyl (C=O) groups excluding carboxylic acids is 2. The van der Waals surface area contributed by atoms with E-state index in [9.17, 15) is 22.8 Å². The van der Waals surface area contributed by atoms with E-state index < -0.39 is 29.1 Å². The molecule has 4 N–H and O–H groups in total. The number of anilines is 1. The number of benzene rings is 2. The number of ether oxygens (including phenoxy) is 3. The fourth-order valence-corrected chi connectivity index (χ4v) is 4.19. The number of halogens is 3. The van der Waals surface area contributed by atoms with Crippen molar-refractivity contribution in [1.82, 2.24) is 10.3 Å². The molecular formula is C33H37F3N6O5. The van der Waals surface area contributed by atoms with E-state index in [-0.39, 0.29) is 35.3 Å². The first-order valence-electron chi connectivity index (χ1n) is 14.3. The monoisotopic (exact) mass is 654 g/mol. The maximum absolute atomic E-state index is 13.9. The van der Waals surface area contributed by atoms with Crippen LogP contribution in [0.4, 0.5) is 23.7 Å². The molecule has 3 amide bonds. The fraction of sp³-hybridized carbons (Fsp3) is 0.303. The van der Waals surface area contributed by atoms with Gasteiger partial charge >= 0.3 is 12.2 Å². The highest BCUT2D eigenvalue weighted by Gasteiger charge is 2.40. The maximum atomic E-state index is 13.9. The number of nitrogens with two attached hydrogens (primary N) is 1. The maximum Gasteiger partial charge on any atom is 0.416 e. The first-order valence-corrected chi connectivity index (χ1v) is 14.3. The first kappa shape index (κ1) is 36.1. The Hall–Kier alpha value is -5.40. The Bertz CT molecular complexity index is 1680. The smallest absolute Gasteiger partial charge is 0.416 e. The molecule has 47 heavy (non-hydrogen) atoms. The molecule has 3 aromatic rings. The number of rotatable bonds is 12. The van der Waals surface area contributed by atoms with Crippen molar-refractivity contribution >= 4 is 30.2 Å². The number of pyridine rings is 1. The molecule has 0 radical (unpaired) electrons. The number of amidine groups is 1. The molecule has 0 unspecified atom stereocenters. The van der Waals surface area contributed by atoms with Gasteiger partial charge in [-0.15, -0.1) is 0 Å². The number of urea groups is 1. The summed E-state index contributed by atoms with van der Waals surface area (Å²) in [7, 11) is 1.59. The van der Waals surface area contributed by atoms with Crippen molar-refractivity contribution in [2.45, 2.75) is 52.8 Å². The van der Waals surface area contributed by atoms with Crippen LogP contribution in [-0.4, -0.2) is 43.2 Å². The first-order chi connectivity index (χ1) is 22.1. The van der Waals surface area contributed by atoms with Gasteiger partial charge in [-0.3, -0.25) is 4.79 Å². The summed E-state index contributed by atoms with van der Waals surface area (Å²) >= 11 is 0. The lowest BCUT2D eigenvalue weighted by Gasteiger charge is -2.26. The normalized spacial score (nSPS) is 12.5. The molecule has 0 atom stereocenters. The van der Waals surface area contributed by atoms with Crippen LogP contribution in [0.1, 0.15) is 56.9 Å². The summed E-state index contributed by atoms with van der Waals surface area (Å²) in [6.45, 7) is 11.7. The van der Waals surface area contributed by atoms with E-state index in [1.807, 2.05) is 31.2 Å². The van der Waals surface area contributed by atoms with Crippen LogP contribution in [0.5, 0.6) is 17.4 Å². The summed E-state index contributed by atoms with van der Waals surface area (Å²) in [4.78, 5) is 37.3. The average Bonchev–Trinajstić information content (AvgIpc) is 3.02. The third-order valence-electron chi connectivity index (χ3n) is 7.05. The molecule has 1 aromatic heterocycles. The van der Waals surface area contributed by atoms with Crippen LogP contribution in [0, 0.1) is 0 Å². The number of allylic oxidation sites excluding steroid dienone is 2. The molecule has 1 heterocycles. The number of methoxy groups -OCH3 is 1. The van der Waals surface area contributed by atoms with Gasteiger partial charge in [0.25, 0.3) is 5.88 Å². The topological polar surface area (TPSA) is 150 Å². The van der Waals surface area contributed by atoms with Gasteiger partial charge < -0.3 is 30.6 Å². The van der Waals surface area contributed by atoms with Gasteiger partial charge in [0.2, 0.25) is 5.91 Å². The minimum absolute atomic E-state index is 0.148. The lowest BCUT2D eigenvalue weighted by atomic mass is 9.80. The van der Waals surface area contributed by atoms with Crippen molar-refractivity contribution in [3.8, 4) is 17.4 Å². The van der Waals surface area contributed by atoms with Crippen molar-refractivity contribution < 1.29 is 37.0 Å². The second kappa shape index (κ2) is 15.3. The largest absolute Gasteiger partial charge is 0.497 e. The second-order valence-electron chi connectivity index (χ2n) is 10.7. The van der Waals surface area contributed by atoms with Crippen LogP contribution >= 0.6 is 0 Å². The zero-order chi connectivity index (χ0) is 34.9. The van der Waals surface area contributed by atoms with E-state index in [1.54, 1.807) is 27.0 Å². The summed E-state index contributed by atoms with van der Waals surface area (Å²) in [5.41, 5.74) is 4.14. The summed E-state index contributed by atoms with van der Waals surface area (Å²) in [5.74, 6) is 0.583. The predicted octanol–water partition coefficient (Wildman–Crippen LogP) is 6.37. The average molecular weight is 655 g/mol. The zero-order valence-corrected chi connectivity index (χ0v) is 26.9. The van der Waals surface area contributed by atoms with Crippen LogP contribution < -0.4 is 30.6 Å². The third-order valence-corrected chi connectivity index (χ3v) is 7.05. The highest BCUT2D eigenvalue weighted by atomic mass is 19.4. The Labute approximate surface area is 270 Å². The minimum Gasteiger partial charge on any atom is -0.497 e. The molecule has 0 aliphatic rings. The Balaban J connectivity index is 1.79. The van der Waals surface area contributed by atoms with Crippen LogP contribution in [0.25, 0.3) is 0 Å². The van der Waals surface area contributed by atoms with Gasteiger partial charge in [0.1, 0.15) is 12.4 Å². The van der Waals surface area contributed by atoms with Gasteiger partial charge in [0.15, 0.2) is 11.6 Å². The zero-order valence-electron chi connectivity index (χ0n) is 26.9. The van der Waals surface area contributed by atoms with Gasteiger partial charge in [-0.2, -0.15) is 13.2 Å². The van der Waals surface area contributed by atoms with Gasteiger partial charge in [-0.25, -0.2) is 19.8 Å². The lowest BCUT2D eigenvalue weighted by molar-refractivity contribution is -0.139. The van der Waals surface area contributed by atoms with Crippen LogP contribution in [-0.2, 0) is 23.0 Å². The van der Waals surface area contributed by atoms with Gasteiger partial charge in [-0.1, -0.05) is 18.2 Å². The number of hydrogen-bond donors (Lipinski definition) is 3. The van der Waals surface area contributed by atoms with E-state index in [0.717, 1.165) is 23.4 Å². The third kappa shape index (κ3) is 9.31. The Morgan fingerprint density at radius 3 is 2.28 bits per heavy atom. The number of primary amides is 1. The summed E-state index contributed by atoms with van der Waals surface area (Å²) < 4.78 is 58.3. The molecule has 2 aromatic carbocycles. The standard InChI is InChI=1S/C33H37F3N6O5/c1-8-46-27-15-22(17-39-29(27)47-18-21-9-12-24(45-7)13-10-21)28(38-6)40-19(2)20(3)41-31(44)42-23-11-14-25(32(4,5)30(37)43)26(16-23)33(34,35)36/h9-17H,6,8,18H2,1-5,7H3,(H2,37,43)(H2,41,42,44)/b20-19+,40-28-. The van der Waals surface area contributed by atoms with Crippen LogP contribution in [0.15, 0.2) is 76.1 Å². The quantitative estimate of drug-likeness (QED) is 0.153. The number of aromatic nitrogens is 1. The van der Waals surface area contributed by atoms with Gasteiger partial charge in [-0.05, 0) is 82.8 Å². The molecule has 11 nitrogen and oxygen atoms in total. The molecule has 0 spiro atoms. The van der Waals surface area contributed by atoms with E-state index in [0.29, 0.717) is 23.6 Å². The molecule has 14 heteroatoms. The lowest BCUT2D eigenvalue weighted by Crippen LogP contribution is -2.37. The van der Waals surface area contributed by atoms with Crippen molar-refractivity contribution in [2.75, 3.05) is 19.0 Å². The van der Waals surface area contributed by atoms with Crippen LogP contribution in [0.3, 0.4) is 0 Å². The number of hydrogen-bond acceptors (Lipinski definition) is 7. The second-order valence-corrected chi connectivity index (χ2v) is 10.7. The fourth-order valence-electron chi connectivity index (χ4n) is 4.19. The molecule has 250 valence electrons. The van der Waals surface area contributed by atoms with E-state index in [2.05, 4.69) is 32.3 Å². The number of amides is 3. The Morgan fingerprint density at radius 1 is 1.02 bits per heavy atom. The highest BCUT2D eigenvalue weighted by molar-refractivity contribution is 6.02. The summed E-state index contributed by atoms with van der Waals surface area (Å²) in [5, 5.41) is 4.92. The number of nitrogens with zero attached hydrogens (tertiary/aromatic N) is 3. The summed E-state index contributed by atoms with van der Waals surface area (Å²) in [6.07, 6.45) is -3.31. The molecule has 0 aliphatic carbocycles. The number of alkyl halides is 3. The highest BCUT2D eigenvalue weighted by Crippen LogP contribution is 2.39. The number of aliphatic imine (C=N–C) groups is 2. The van der Waals surface area contributed by atoms with Gasteiger partial charge in [0, 0.05) is 23.1 Å². The van der Waals surface area contributed by atoms with Crippen molar-refractivity contribution in [2.24, 2.45) is 15.7 Å². The molecule has 0 fully saturated rings. The number of carbonyl (C=O) groups is 2. The Morgan fingerprint density at radius 2 is 1.70 bits per heavy atom. The van der Waals surface area contributed by atoms with Crippen LogP contribution in [0.2, 0.25) is 0 Å². The molecule has 0 aliphatic heterocycles. The number of nitrogens with one attached hydrogen (secondary N) is 2. The van der Waals surface area contributed by atoms with Crippen molar-refractivity contribution in [1.29, 1.82) is 0 Å². The van der Waals surface area contributed by atoms with Gasteiger partial charge in [0.05, 0.1) is 30.4 Å². The molecular weight excluding hydrogens is 617 g/mol. The van der Waals surface area contributed by atoms with E-state index in [1.165, 1.54) is 26.1 Å². The predicted molar refractivity (Wildman–Crippen MR) is 173 cm³/mol. The Kier molecular flexibility index (Phi) is 11.7. The van der Waals surface area contributed by atoms with Crippen molar-refractivity contribution in [3.05, 3.63) is 88.4 Å². The van der Waals surface area contributed by atoms with E-state index in [4.69, 9.17) is 19.9 Å². The molecule has 0 saturated carbocycles. The SMILES string of the molecule is C=N/C(=N\C(C)=C(/C)NC(=O)Nc1ccc(C(C)(C)C(N)=O)c(C(F)(F)F)c1)c1cnc(OCc2ccc(OC)cc2)c(OCC)c1. The van der Waals surface area contributed by atoms with Crippen molar-refractivity contribution in [3.63, 3.8) is 0 Å². The summed E-state index contributed by atoms with van der Waals surface area (Å²) in [6, 6.07) is 11.3. The molecule has 0 saturated heterocycles. The minimum atomic E-state index is -4.80.